The van der Waals surface area contributed by atoms with Crippen molar-refractivity contribution in [2.75, 3.05) is 52.1 Å². The Morgan fingerprint density at radius 2 is 1.79 bits per heavy atom. The summed E-state index contributed by atoms with van der Waals surface area (Å²) in [5.41, 5.74) is 0.660. The molecular weight excluding hydrogens is 436 g/mol. The van der Waals surface area contributed by atoms with Crippen LogP contribution in [0.25, 0.3) is 0 Å². The van der Waals surface area contributed by atoms with Gasteiger partial charge in [0.25, 0.3) is 5.91 Å². The molecule has 2 aliphatic rings. The molecule has 1 saturated carbocycles. The second kappa shape index (κ2) is 13.0. The summed E-state index contributed by atoms with van der Waals surface area (Å²) < 4.78 is 0. The van der Waals surface area contributed by atoms with E-state index in [-0.39, 0.29) is 17.7 Å². The Morgan fingerprint density at radius 1 is 1.03 bits per heavy atom. The highest BCUT2D eigenvalue weighted by atomic mass is 32.2. The zero-order chi connectivity index (χ0) is 23.6. The summed E-state index contributed by atoms with van der Waals surface area (Å²) in [6, 6.07) is 7.95. The minimum atomic E-state index is 0.00560. The molecule has 0 atom stereocenters. The molecule has 3 rings (SSSR count). The average Bonchev–Trinajstić information content (AvgIpc) is 3.08. The quantitative estimate of drug-likeness (QED) is 0.587. The maximum Gasteiger partial charge on any atom is 0.255 e. The number of amides is 3. The van der Waals surface area contributed by atoms with Crippen molar-refractivity contribution in [3.8, 4) is 0 Å². The number of carbonyl (C=O) groups is 3. The van der Waals surface area contributed by atoms with Crippen molar-refractivity contribution in [3.05, 3.63) is 29.8 Å². The lowest BCUT2D eigenvalue weighted by atomic mass is 9.94. The Morgan fingerprint density at radius 3 is 2.55 bits per heavy atom. The molecule has 1 aromatic rings. The summed E-state index contributed by atoms with van der Waals surface area (Å²) in [6.45, 7) is 5.68. The van der Waals surface area contributed by atoms with Crippen molar-refractivity contribution in [2.24, 2.45) is 0 Å². The SMILES string of the molecule is CCNC(=O)CN1CCCN(C(=O)c2ccccc2SCC(=O)N(C)C2CCCCC2)CC1. The number of rotatable bonds is 8. The van der Waals surface area contributed by atoms with Gasteiger partial charge in [0.1, 0.15) is 0 Å². The Kier molecular flexibility index (Phi) is 10.1. The molecule has 7 nitrogen and oxygen atoms in total. The fraction of sp³-hybridized carbons (Fsp3) is 0.640. The van der Waals surface area contributed by atoms with Crippen LogP contribution in [0.15, 0.2) is 29.2 Å². The molecule has 182 valence electrons. The standard InChI is InChI=1S/C25H38N4O3S/c1-3-26-23(30)18-28-14-9-15-29(17-16-28)25(32)21-12-7-8-13-22(21)33-19-24(31)27(2)20-10-5-4-6-11-20/h7-8,12-13,20H,3-6,9-11,14-19H2,1-2H3,(H,26,30). The fourth-order valence-electron chi connectivity index (χ4n) is 4.64. The van der Waals surface area contributed by atoms with Crippen LogP contribution in [-0.4, -0.2) is 90.5 Å². The highest BCUT2D eigenvalue weighted by Gasteiger charge is 2.25. The lowest BCUT2D eigenvalue weighted by Gasteiger charge is -2.31. The van der Waals surface area contributed by atoms with Crippen molar-refractivity contribution in [1.82, 2.24) is 20.0 Å². The Balaban J connectivity index is 1.57. The molecule has 1 aliphatic carbocycles. The van der Waals surface area contributed by atoms with Gasteiger partial charge in [-0.3, -0.25) is 19.3 Å². The maximum atomic E-state index is 13.4. The number of hydrogen-bond donors (Lipinski definition) is 1. The molecule has 1 N–H and O–H groups in total. The predicted molar refractivity (Wildman–Crippen MR) is 132 cm³/mol. The smallest absolute Gasteiger partial charge is 0.255 e. The molecule has 3 amide bonds. The van der Waals surface area contributed by atoms with Crippen LogP contribution in [0.3, 0.4) is 0 Å². The number of hydrogen-bond acceptors (Lipinski definition) is 5. The number of carbonyl (C=O) groups excluding carboxylic acids is 3. The van der Waals surface area contributed by atoms with Gasteiger partial charge in [-0.05, 0) is 38.3 Å². The Bertz CT molecular complexity index is 813. The lowest BCUT2D eigenvalue weighted by Crippen LogP contribution is -2.40. The molecule has 1 aromatic carbocycles. The third kappa shape index (κ3) is 7.47. The summed E-state index contributed by atoms with van der Waals surface area (Å²) >= 11 is 1.46. The van der Waals surface area contributed by atoms with Gasteiger partial charge in [-0.15, -0.1) is 11.8 Å². The van der Waals surface area contributed by atoms with E-state index in [2.05, 4.69) is 10.2 Å². The number of benzene rings is 1. The van der Waals surface area contributed by atoms with E-state index in [0.29, 0.717) is 50.1 Å². The van der Waals surface area contributed by atoms with Gasteiger partial charge in [-0.1, -0.05) is 31.4 Å². The van der Waals surface area contributed by atoms with Crippen LogP contribution in [0.4, 0.5) is 0 Å². The van der Waals surface area contributed by atoms with E-state index >= 15 is 0 Å². The average molecular weight is 475 g/mol. The molecule has 1 heterocycles. The highest BCUT2D eigenvalue weighted by molar-refractivity contribution is 8.00. The van der Waals surface area contributed by atoms with Crippen molar-refractivity contribution < 1.29 is 14.4 Å². The number of nitrogens with zero attached hydrogens (tertiary/aromatic N) is 3. The summed E-state index contributed by atoms with van der Waals surface area (Å²) in [5, 5.41) is 2.84. The summed E-state index contributed by atoms with van der Waals surface area (Å²) in [7, 11) is 1.92. The first-order valence-electron chi connectivity index (χ1n) is 12.3. The van der Waals surface area contributed by atoms with Crippen LogP contribution < -0.4 is 5.32 Å². The monoisotopic (exact) mass is 474 g/mol. The van der Waals surface area contributed by atoms with Gasteiger partial charge in [0.2, 0.25) is 11.8 Å². The third-order valence-corrected chi connectivity index (χ3v) is 7.66. The van der Waals surface area contributed by atoms with Crippen LogP contribution in [0, 0.1) is 0 Å². The number of likely N-dealkylation sites (N-methyl/N-ethyl adjacent to an activating group) is 1. The molecule has 0 aromatic heterocycles. The van der Waals surface area contributed by atoms with Crippen molar-refractivity contribution >= 4 is 29.5 Å². The van der Waals surface area contributed by atoms with E-state index in [4.69, 9.17) is 0 Å². The van der Waals surface area contributed by atoms with Gasteiger partial charge in [0.15, 0.2) is 0 Å². The van der Waals surface area contributed by atoms with Crippen LogP contribution in [0.5, 0.6) is 0 Å². The molecule has 1 aliphatic heterocycles. The Hall–Kier alpha value is -2.06. The van der Waals surface area contributed by atoms with E-state index < -0.39 is 0 Å². The lowest BCUT2D eigenvalue weighted by molar-refractivity contribution is -0.129. The molecule has 0 bridgehead atoms. The zero-order valence-corrected chi connectivity index (χ0v) is 20.9. The van der Waals surface area contributed by atoms with Crippen LogP contribution >= 0.6 is 11.8 Å². The Labute approximate surface area is 202 Å². The van der Waals surface area contributed by atoms with E-state index in [9.17, 15) is 14.4 Å². The highest BCUT2D eigenvalue weighted by Crippen LogP contribution is 2.26. The first-order valence-corrected chi connectivity index (χ1v) is 13.2. The van der Waals surface area contributed by atoms with Crippen molar-refractivity contribution in [1.29, 1.82) is 0 Å². The van der Waals surface area contributed by atoms with Gasteiger partial charge < -0.3 is 15.1 Å². The largest absolute Gasteiger partial charge is 0.355 e. The van der Waals surface area contributed by atoms with Gasteiger partial charge >= 0.3 is 0 Å². The molecule has 8 heteroatoms. The van der Waals surface area contributed by atoms with Gasteiger partial charge in [-0.25, -0.2) is 0 Å². The van der Waals surface area contributed by atoms with Crippen molar-refractivity contribution in [3.63, 3.8) is 0 Å². The number of thioether (sulfide) groups is 1. The molecule has 33 heavy (non-hydrogen) atoms. The summed E-state index contributed by atoms with van der Waals surface area (Å²) in [5.74, 6) is 0.510. The summed E-state index contributed by atoms with van der Waals surface area (Å²) in [4.78, 5) is 44.8. The maximum absolute atomic E-state index is 13.4. The molecule has 0 spiro atoms. The first kappa shape index (κ1) is 25.6. The van der Waals surface area contributed by atoms with E-state index in [1.165, 1.54) is 31.0 Å². The van der Waals surface area contributed by atoms with E-state index in [1.807, 2.05) is 48.0 Å². The predicted octanol–water partition coefficient (Wildman–Crippen LogP) is 2.85. The molecular formula is C25H38N4O3S. The minimum Gasteiger partial charge on any atom is -0.355 e. The normalized spacial score (nSPS) is 17.9. The molecule has 1 saturated heterocycles. The third-order valence-electron chi connectivity index (χ3n) is 6.60. The first-order chi connectivity index (χ1) is 16.0. The molecule has 0 unspecified atom stereocenters. The van der Waals surface area contributed by atoms with Crippen LogP contribution in [0.1, 0.15) is 55.8 Å². The second-order valence-electron chi connectivity index (χ2n) is 8.96. The molecule has 0 radical (unpaired) electrons. The molecule has 2 fully saturated rings. The van der Waals surface area contributed by atoms with Crippen LogP contribution in [-0.2, 0) is 9.59 Å². The van der Waals surface area contributed by atoms with E-state index in [0.717, 1.165) is 30.7 Å². The van der Waals surface area contributed by atoms with Crippen molar-refractivity contribution in [2.45, 2.75) is 56.4 Å². The van der Waals surface area contributed by atoms with Gasteiger partial charge in [-0.2, -0.15) is 0 Å². The topological polar surface area (TPSA) is 73.0 Å². The number of nitrogens with one attached hydrogen (secondary N) is 1. The summed E-state index contributed by atoms with van der Waals surface area (Å²) in [6.07, 6.45) is 6.68. The van der Waals surface area contributed by atoms with E-state index in [1.54, 1.807) is 0 Å². The van der Waals surface area contributed by atoms with Gasteiger partial charge in [0, 0.05) is 50.7 Å². The second-order valence-corrected chi connectivity index (χ2v) is 9.97. The minimum absolute atomic E-state index is 0.00560. The zero-order valence-electron chi connectivity index (χ0n) is 20.1. The van der Waals surface area contributed by atoms with Crippen LogP contribution in [0.2, 0.25) is 0 Å². The fourth-order valence-corrected chi connectivity index (χ4v) is 5.61. The van der Waals surface area contributed by atoms with Gasteiger partial charge in [0.05, 0.1) is 17.9 Å².